The summed E-state index contributed by atoms with van der Waals surface area (Å²) in [4.78, 5) is 12.4. The molecular formula is C23H21IN2O3S. The summed E-state index contributed by atoms with van der Waals surface area (Å²) in [5.74, 6) is 1.21. The number of thiocarbonyl (C=S) groups is 1. The molecule has 0 bridgehead atoms. The van der Waals surface area contributed by atoms with Gasteiger partial charge in [-0.2, -0.15) is 0 Å². The molecule has 0 fully saturated rings. The van der Waals surface area contributed by atoms with Crippen LogP contribution >= 0.6 is 34.8 Å². The van der Waals surface area contributed by atoms with Gasteiger partial charge in [0.25, 0.3) is 5.91 Å². The van der Waals surface area contributed by atoms with Crippen molar-refractivity contribution in [2.45, 2.75) is 6.42 Å². The maximum atomic E-state index is 12.4. The molecule has 154 valence electrons. The first-order chi connectivity index (χ1) is 14.5. The number of hydrogen-bond donors (Lipinski definition) is 2. The fraction of sp³-hybridized carbons (Fsp3) is 0.130. The zero-order valence-electron chi connectivity index (χ0n) is 16.4. The van der Waals surface area contributed by atoms with Gasteiger partial charge >= 0.3 is 0 Å². The Morgan fingerprint density at radius 3 is 2.43 bits per heavy atom. The maximum Gasteiger partial charge on any atom is 0.257 e. The molecule has 0 heterocycles. The van der Waals surface area contributed by atoms with E-state index in [0.29, 0.717) is 12.2 Å². The van der Waals surface area contributed by atoms with Crippen molar-refractivity contribution >= 4 is 51.5 Å². The average molecular weight is 532 g/mol. The molecule has 0 atom stereocenters. The minimum Gasteiger partial charge on any atom is -0.496 e. The van der Waals surface area contributed by atoms with Crippen LogP contribution in [0.4, 0.5) is 5.69 Å². The molecule has 0 aliphatic rings. The molecular weight excluding hydrogens is 511 g/mol. The molecule has 0 aliphatic carbocycles. The number of halogens is 1. The van der Waals surface area contributed by atoms with Gasteiger partial charge in [-0.3, -0.25) is 10.1 Å². The summed E-state index contributed by atoms with van der Waals surface area (Å²) in [6, 6.07) is 22.8. The summed E-state index contributed by atoms with van der Waals surface area (Å²) < 4.78 is 11.8. The Kier molecular flexibility index (Phi) is 8.04. The zero-order chi connectivity index (χ0) is 21.3. The third-order valence-electron chi connectivity index (χ3n) is 4.26. The molecule has 0 spiro atoms. The second-order valence-electron chi connectivity index (χ2n) is 6.37. The Morgan fingerprint density at radius 2 is 1.77 bits per heavy atom. The van der Waals surface area contributed by atoms with Gasteiger partial charge in [0.05, 0.1) is 17.3 Å². The lowest BCUT2D eigenvalue weighted by Gasteiger charge is -2.11. The molecule has 2 N–H and O–H groups in total. The number of ether oxygens (including phenoxy) is 2. The van der Waals surface area contributed by atoms with E-state index in [0.717, 1.165) is 27.2 Å². The van der Waals surface area contributed by atoms with Crippen LogP contribution < -0.4 is 20.1 Å². The Morgan fingerprint density at radius 1 is 1.03 bits per heavy atom. The highest BCUT2D eigenvalue weighted by Crippen LogP contribution is 2.21. The van der Waals surface area contributed by atoms with Gasteiger partial charge in [-0.05, 0) is 82.8 Å². The van der Waals surface area contributed by atoms with Gasteiger partial charge < -0.3 is 14.8 Å². The van der Waals surface area contributed by atoms with Gasteiger partial charge in [-0.1, -0.05) is 30.3 Å². The predicted octanol–water partition coefficient (Wildman–Crippen LogP) is 5.05. The molecule has 0 aliphatic heterocycles. The van der Waals surface area contributed by atoms with Crippen LogP contribution in [0.25, 0.3) is 0 Å². The number of anilines is 1. The largest absolute Gasteiger partial charge is 0.496 e. The van der Waals surface area contributed by atoms with Crippen LogP contribution in [-0.4, -0.2) is 24.7 Å². The summed E-state index contributed by atoms with van der Waals surface area (Å²) in [6.45, 7) is 0.603. The van der Waals surface area contributed by atoms with Crippen molar-refractivity contribution in [2.24, 2.45) is 0 Å². The van der Waals surface area contributed by atoms with Gasteiger partial charge in [0.1, 0.15) is 11.5 Å². The molecule has 7 heteroatoms. The summed E-state index contributed by atoms with van der Waals surface area (Å²) in [6.07, 6.45) is 0.848. The van der Waals surface area contributed by atoms with Crippen molar-refractivity contribution in [3.63, 3.8) is 0 Å². The van der Waals surface area contributed by atoms with E-state index in [2.05, 4.69) is 45.4 Å². The van der Waals surface area contributed by atoms with Crippen LogP contribution in [0.5, 0.6) is 11.5 Å². The second-order valence-corrected chi connectivity index (χ2v) is 7.94. The Labute approximate surface area is 194 Å². The van der Waals surface area contributed by atoms with Crippen molar-refractivity contribution in [1.82, 2.24) is 5.32 Å². The van der Waals surface area contributed by atoms with E-state index in [1.54, 1.807) is 25.3 Å². The maximum absolute atomic E-state index is 12.4. The number of rotatable bonds is 7. The molecule has 3 aromatic rings. The Balaban J connectivity index is 1.48. The molecule has 0 aromatic heterocycles. The second kappa shape index (κ2) is 10.9. The van der Waals surface area contributed by atoms with Crippen LogP contribution in [0, 0.1) is 3.57 Å². The smallest absolute Gasteiger partial charge is 0.257 e. The van der Waals surface area contributed by atoms with E-state index in [-0.39, 0.29) is 11.0 Å². The first kappa shape index (κ1) is 22.0. The number of methoxy groups -OCH3 is 1. The number of carbonyl (C=O) groups is 1. The van der Waals surface area contributed by atoms with E-state index < -0.39 is 0 Å². The monoisotopic (exact) mass is 532 g/mol. The molecule has 0 saturated heterocycles. The molecule has 1 amide bonds. The van der Waals surface area contributed by atoms with Crippen molar-refractivity contribution in [1.29, 1.82) is 0 Å². The van der Waals surface area contributed by atoms with Gasteiger partial charge in [0.15, 0.2) is 5.11 Å². The van der Waals surface area contributed by atoms with E-state index in [1.807, 2.05) is 42.5 Å². The fourth-order valence-corrected chi connectivity index (χ4v) is 3.66. The SMILES string of the molecule is COc1ccc(C(=O)NC(=S)Nc2ccc(OCCc3ccccc3)cc2)cc1I. The van der Waals surface area contributed by atoms with Crippen LogP contribution in [0.1, 0.15) is 15.9 Å². The van der Waals surface area contributed by atoms with Crippen molar-refractivity contribution in [3.8, 4) is 11.5 Å². The van der Waals surface area contributed by atoms with Crippen LogP contribution in [0.2, 0.25) is 0 Å². The van der Waals surface area contributed by atoms with Crippen LogP contribution in [-0.2, 0) is 6.42 Å². The molecule has 5 nitrogen and oxygen atoms in total. The topological polar surface area (TPSA) is 59.6 Å². The molecule has 3 aromatic carbocycles. The normalized spacial score (nSPS) is 10.2. The highest BCUT2D eigenvalue weighted by Gasteiger charge is 2.10. The molecule has 30 heavy (non-hydrogen) atoms. The number of hydrogen-bond acceptors (Lipinski definition) is 4. The summed E-state index contributed by atoms with van der Waals surface area (Å²) in [5, 5.41) is 5.91. The van der Waals surface area contributed by atoms with Crippen LogP contribution in [0.3, 0.4) is 0 Å². The Bertz CT molecular complexity index is 1010. The highest BCUT2D eigenvalue weighted by molar-refractivity contribution is 14.1. The number of nitrogens with one attached hydrogen (secondary N) is 2. The predicted molar refractivity (Wildman–Crippen MR) is 131 cm³/mol. The third-order valence-corrected chi connectivity index (χ3v) is 5.30. The van der Waals surface area contributed by atoms with E-state index in [9.17, 15) is 4.79 Å². The first-order valence-electron chi connectivity index (χ1n) is 9.28. The first-order valence-corrected chi connectivity index (χ1v) is 10.8. The zero-order valence-corrected chi connectivity index (χ0v) is 19.3. The van der Waals surface area contributed by atoms with E-state index >= 15 is 0 Å². The standard InChI is InChI=1S/C23H21IN2O3S/c1-28-21-12-7-17(15-20(21)24)22(27)26-23(30)25-18-8-10-19(11-9-18)29-14-13-16-5-3-2-4-6-16/h2-12,15H,13-14H2,1H3,(H2,25,26,27,30). The quantitative estimate of drug-likeness (QED) is 0.330. The molecule has 0 radical (unpaired) electrons. The molecule has 0 unspecified atom stereocenters. The highest BCUT2D eigenvalue weighted by atomic mass is 127. The lowest BCUT2D eigenvalue weighted by atomic mass is 10.2. The lowest BCUT2D eigenvalue weighted by molar-refractivity contribution is 0.0977. The summed E-state index contributed by atoms with van der Waals surface area (Å²) in [5.41, 5.74) is 2.51. The van der Waals surface area contributed by atoms with Crippen molar-refractivity contribution < 1.29 is 14.3 Å². The van der Waals surface area contributed by atoms with E-state index in [1.165, 1.54) is 5.56 Å². The summed E-state index contributed by atoms with van der Waals surface area (Å²) in [7, 11) is 1.59. The van der Waals surface area contributed by atoms with Gasteiger partial charge in [0.2, 0.25) is 0 Å². The van der Waals surface area contributed by atoms with Gasteiger partial charge in [-0.25, -0.2) is 0 Å². The lowest BCUT2D eigenvalue weighted by Crippen LogP contribution is -2.34. The number of benzene rings is 3. The summed E-state index contributed by atoms with van der Waals surface area (Å²) >= 11 is 7.37. The Hall–Kier alpha value is -2.65. The number of amides is 1. The molecule has 3 rings (SSSR count). The molecule has 0 saturated carbocycles. The number of carbonyl (C=O) groups excluding carboxylic acids is 1. The fourth-order valence-electron chi connectivity index (χ4n) is 2.71. The minimum absolute atomic E-state index is 0.226. The van der Waals surface area contributed by atoms with Crippen molar-refractivity contribution in [2.75, 3.05) is 19.0 Å². The average Bonchev–Trinajstić information content (AvgIpc) is 2.75. The van der Waals surface area contributed by atoms with Crippen molar-refractivity contribution in [3.05, 3.63) is 87.5 Å². The minimum atomic E-state index is -0.283. The third kappa shape index (κ3) is 6.43. The van der Waals surface area contributed by atoms with Crippen LogP contribution in [0.15, 0.2) is 72.8 Å². The van der Waals surface area contributed by atoms with Gasteiger partial charge in [0, 0.05) is 17.7 Å². The van der Waals surface area contributed by atoms with E-state index in [4.69, 9.17) is 21.7 Å². The van der Waals surface area contributed by atoms with Gasteiger partial charge in [-0.15, -0.1) is 0 Å².